The zero-order valence-electron chi connectivity index (χ0n) is 3.77. The molecule has 0 heterocycles. The van der Waals surface area contributed by atoms with E-state index < -0.39 is 0 Å². The quantitative estimate of drug-likeness (QED) is 0.616. The minimum atomic E-state index is -0.250. The predicted molar refractivity (Wildman–Crippen MR) is 22.1 cm³/mol. The van der Waals surface area contributed by atoms with Gasteiger partial charge in [-0.15, -0.1) is 0 Å². The number of nitrogens with two attached hydrogens (primary N) is 1. The van der Waals surface area contributed by atoms with Crippen LogP contribution in [-0.2, 0) is 25.9 Å². The molecule has 0 bridgehead atoms. The molecule has 0 atom stereocenters. The summed E-state index contributed by atoms with van der Waals surface area (Å²) in [5.74, 6) is 0. The summed E-state index contributed by atoms with van der Waals surface area (Å²) in [7, 11) is 1.00. The van der Waals surface area contributed by atoms with E-state index in [9.17, 15) is 0 Å². The zero-order chi connectivity index (χ0) is 4.71. The summed E-state index contributed by atoms with van der Waals surface area (Å²) >= 11 is 0. The normalized spacial score (nSPS) is 2.57. The number of carboxylic acid groups (broad SMARTS) is 1. The van der Waals surface area contributed by atoms with Gasteiger partial charge in [0.25, 0.3) is 6.47 Å². The first-order valence-corrected chi connectivity index (χ1v) is 0.941. The van der Waals surface area contributed by atoms with Crippen LogP contribution in [0.5, 0.6) is 0 Å². The Balaban J connectivity index is -0.0000000105. The summed E-state index contributed by atoms with van der Waals surface area (Å²) in [6.07, 6.45) is 0. The van der Waals surface area contributed by atoms with Crippen molar-refractivity contribution >= 4 is 6.47 Å². The van der Waals surface area contributed by atoms with E-state index in [1.807, 2.05) is 0 Å². The number of hydrogen-bond acceptors (Lipinski definition) is 2. The van der Waals surface area contributed by atoms with Gasteiger partial charge in [-0.05, 0) is 0 Å². The number of hydrogen-bond donors (Lipinski definition) is 2. The van der Waals surface area contributed by atoms with E-state index in [4.69, 9.17) is 15.0 Å². The summed E-state index contributed by atoms with van der Waals surface area (Å²) < 4.78 is 0. The average molecular weight is 289 g/mol. The van der Waals surface area contributed by atoms with Crippen LogP contribution in [0, 0.1) is 0 Å². The topological polar surface area (TPSA) is 91.0 Å². The molecule has 0 fully saturated rings. The minimum Gasteiger partial charge on any atom is -0.693 e. The van der Waals surface area contributed by atoms with Gasteiger partial charge in [0.2, 0.25) is 0 Å². The Hall–Kier alpha value is 0.0783. The fraction of sp³-hybridized carbons (Fsp3) is 0.500. The van der Waals surface area contributed by atoms with Crippen molar-refractivity contribution in [2.45, 2.75) is 0 Å². The van der Waals surface area contributed by atoms with Crippen LogP contribution in [0.3, 0.4) is 0 Å². The third-order valence-corrected chi connectivity index (χ3v) is 0. The molecule has 5 heteroatoms. The molecule has 0 rings (SSSR count). The molecular weight excluding hydrogens is 281 g/mol. The van der Waals surface area contributed by atoms with E-state index in [0.29, 0.717) is 0 Å². The molecule has 0 saturated heterocycles. The van der Waals surface area contributed by atoms with E-state index >= 15 is 0 Å². The molecular formula is C2H8NO3Pt-. The van der Waals surface area contributed by atoms with Gasteiger partial charge in [-0.3, -0.25) is 4.79 Å². The van der Waals surface area contributed by atoms with Crippen molar-refractivity contribution < 1.29 is 36.1 Å². The maximum atomic E-state index is 8.36. The van der Waals surface area contributed by atoms with Crippen LogP contribution < -0.4 is 0 Å². The summed E-state index contributed by atoms with van der Waals surface area (Å²) in [4.78, 5) is 8.36. The Kier molecular flexibility index (Phi) is 532. The number of carbonyl (C=O) groups is 1. The van der Waals surface area contributed by atoms with Crippen molar-refractivity contribution in [3.8, 4) is 0 Å². The molecule has 0 aromatic carbocycles. The van der Waals surface area contributed by atoms with Crippen LogP contribution >= 0.6 is 0 Å². The summed E-state index contributed by atoms with van der Waals surface area (Å²) in [5.41, 5.74) is 0. The standard InChI is InChI=1S/CH2O2.CH4O.H2N.Pt/c2-1-3;1-2;;/h1H,(H,2,3);2H,1H3;1H2;/q;;-1;. The number of rotatable bonds is 0. The van der Waals surface area contributed by atoms with Gasteiger partial charge in [0.1, 0.15) is 0 Å². The van der Waals surface area contributed by atoms with Crippen LogP contribution in [0.25, 0.3) is 6.15 Å². The van der Waals surface area contributed by atoms with Crippen LogP contribution in [0.1, 0.15) is 0 Å². The summed E-state index contributed by atoms with van der Waals surface area (Å²) in [5, 5.41) is 13.9. The molecule has 0 aromatic heterocycles. The SMILES string of the molecule is CO.O=CO.[NH2-].[Pt]. The molecule has 4 nitrogen and oxygen atoms in total. The van der Waals surface area contributed by atoms with E-state index in [0.717, 1.165) is 7.11 Å². The molecule has 0 amide bonds. The zero-order valence-corrected chi connectivity index (χ0v) is 6.05. The first-order chi connectivity index (χ1) is 2.41. The molecule has 0 aliphatic rings. The fourth-order valence-electron chi connectivity index (χ4n) is 0. The molecule has 0 spiro atoms. The van der Waals surface area contributed by atoms with Crippen LogP contribution in [-0.4, -0.2) is 23.8 Å². The van der Waals surface area contributed by atoms with Crippen LogP contribution in [0.2, 0.25) is 0 Å². The van der Waals surface area contributed by atoms with Crippen LogP contribution in [0.4, 0.5) is 0 Å². The first kappa shape index (κ1) is 27.6. The van der Waals surface area contributed by atoms with E-state index in [-0.39, 0.29) is 33.7 Å². The summed E-state index contributed by atoms with van der Waals surface area (Å²) in [6, 6.07) is 0. The molecule has 4 N–H and O–H groups in total. The van der Waals surface area contributed by atoms with Crippen molar-refractivity contribution in [2.75, 3.05) is 7.11 Å². The smallest absolute Gasteiger partial charge is 0.290 e. The summed E-state index contributed by atoms with van der Waals surface area (Å²) in [6.45, 7) is -0.250. The molecule has 0 saturated carbocycles. The van der Waals surface area contributed by atoms with E-state index in [2.05, 4.69) is 0 Å². The van der Waals surface area contributed by atoms with E-state index in [1.54, 1.807) is 0 Å². The van der Waals surface area contributed by atoms with Gasteiger partial charge in [0.15, 0.2) is 0 Å². The Morgan fingerprint density at radius 1 is 1.43 bits per heavy atom. The van der Waals surface area contributed by atoms with Crippen molar-refractivity contribution in [1.82, 2.24) is 0 Å². The van der Waals surface area contributed by atoms with Gasteiger partial charge in [0, 0.05) is 28.2 Å². The monoisotopic (exact) mass is 289 g/mol. The van der Waals surface area contributed by atoms with E-state index in [1.165, 1.54) is 0 Å². The predicted octanol–water partition coefficient (Wildman–Crippen LogP) is 0.0239. The Morgan fingerprint density at radius 3 is 1.43 bits per heavy atom. The van der Waals surface area contributed by atoms with Crippen molar-refractivity contribution in [1.29, 1.82) is 0 Å². The second kappa shape index (κ2) is 135. The Labute approximate surface area is 56.4 Å². The third kappa shape index (κ3) is 16500. The average Bonchev–Trinajstić information content (AvgIpc) is 1.46. The van der Waals surface area contributed by atoms with Crippen LogP contribution in [0.15, 0.2) is 0 Å². The van der Waals surface area contributed by atoms with Crippen molar-refractivity contribution in [2.24, 2.45) is 0 Å². The number of aliphatic hydroxyl groups is 1. The first-order valence-electron chi connectivity index (χ1n) is 0.941. The van der Waals surface area contributed by atoms with Gasteiger partial charge in [-0.1, -0.05) is 0 Å². The fourth-order valence-corrected chi connectivity index (χ4v) is 0. The minimum absolute atomic E-state index is 0. The molecule has 0 aromatic rings. The molecule has 0 aliphatic heterocycles. The maximum absolute atomic E-state index is 8.36. The van der Waals surface area contributed by atoms with Gasteiger partial charge in [-0.25, -0.2) is 0 Å². The molecule has 50 valence electrons. The third-order valence-electron chi connectivity index (χ3n) is 0. The molecule has 0 radical (unpaired) electrons. The molecule has 0 aliphatic carbocycles. The second-order valence-electron chi connectivity index (χ2n) is 0.105. The van der Waals surface area contributed by atoms with Gasteiger partial charge in [0.05, 0.1) is 0 Å². The van der Waals surface area contributed by atoms with Gasteiger partial charge >= 0.3 is 0 Å². The van der Waals surface area contributed by atoms with Gasteiger partial charge < -0.3 is 16.4 Å². The van der Waals surface area contributed by atoms with Gasteiger partial charge in [-0.2, -0.15) is 0 Å². The van der Waals surface area contributed by atoms with Crippen molar-refractivity contribution in [3.05, 3.63) is 6.15 Å². The Bertz CT molecular complexity index is 20.4. The largest absolute Gasteiger partial charge is 0.693 e. The maximum Gasteiger partial charge on any atom is 0.290 e. The number of aliphatic hydroxyl groups excluding tert-OH is 1. The second-order valence-corrected chi connectivity index (χ2v) is 0.105. The molecule has 0 unspecified atom stereocenters. The van der Waals surface area contributed by atoms with Crippen molar-refractivity contribution in [3.63, 3.8) is 0 Å². The Morgan fingerprint density at radius 2 is 1.43 bits per heavy atom. The molecule has 7 heavy (non-hydrogen) atoms.